The number of hydrogen-bond acceptors (Lipinski definition) is 3. The largest absolute Gasteiger partial charge is 0.338 e. The fourth-order valence-corrected chi connectivity index (χ4v) is 5.03. The van der Waals surface area contributed by atoms with Crippen LogP contribution in [0.15, 0.2) is 76.5 Å². The average molecular weight is 377 g/mol. The van der Waals surface area contributed by atoms with Crippen LogP contribution in [0.1, 0.15) is 16.7 Å². The summed E-state index contributed by atoms with van der Waals surface area (Å²) in [5.74, 6) is 0. The van der Waals surface area contributed by atoms with Crippen LogP contribution in [0, 0.1) is 13.8 Å². The van der Waals surface area contributed by atoms with Gasteiger partial charge in [-0.05, 0) is 48.7 Å². The van der Waals surface area contributed by atoms with Gasteiger partial charge in [-0.2, -0.15) is 0 Å². The normalized spacial score (nSPS) is 15.3. The molecule has 0 saturated carbocycles. The van der Waals surface area contributed by atoms with Crippen LogP contribution in [-0.4, -0.2) is 17.3 Å². The summed E-state index contributed by atoms with van der Waals surface area (Å²) >= 11 is 0. The molecule has 1 N–H and O–H groups in total. The number of para-hydroxylation sites is 1. The molecule has 138 valence electrons. The minimum atomic E-state index is -1.13. The van der Waals surface area contributed by atoms with Gasteiger partial charge in [0, 0.05) is 19.6 Å². The van der Waals surface area contributed by atoms with Gasteiger partial charge >= 0.3 is 0 Å². The predicted molar refractivity (Wildman–Crippen MR) is 112 cm³/mol. The highest BCUT2D eigenvalue weighted by molar-refractivity contribution is 7.85. The van der Waals surface area contributed by atoms with Crippen LogP contribution < -0.4 is 10.2 Å². The summed E-state index contributed by atoms with van der Waals surface area (Å²) in [7, 11) is -1.13. The highest BCUT2D eigenvalue weighted by Crippen LogP contribution is 2.44. The Morgan fingerprint density at radius 2 is 1.63 bits per heavy atom. The highest BCUT2D eigenvalue weighted by Gasteiger charge is 2.29. The minimum Gasteiger partial charge on any atom is -0.338 e. The SMILES string of the molecule is Cc1ccc2c(c1C)N(CCNCc1ccccc1)c1ccccc1S2=O. The topological polar surface area (TPSA) is 32.3 Å². The van der Waals surface area contributed by atoms with Crippen LogP contribution in [0.3, 0.4) is 0 Å². The number of benzene rings is 3. The van der Waals surface area contributed by atoms with Crippen molar-refractivity contribution < 1.29 is 4.21 Å². The maximum absolute atomic E-state index is 13.1. The van der Waals surface area contributed by atoms with Crippen molar-refractivity contribution in [2.24, 2.45) is 0 Å². The van der Waals surface area contributed by atoms with Crippen molar-refractivity contribution in [1.29, 1.82) is 0 Å². The van der Waals surface area contributed by atoms with E-state index in [1.807, 2.05) is 30.3 Å². The van der Waals surface area contributed by atoms with Gasteiger partial charge in [-0.3, -0.25) is 0 Å². The average Bonchev–Trinajstić information content (AvgIpc) is 2.71. The molecule has 27 heavy (non-hydrogen) atoms. The number of nitrogens with one attached hydrogen (secondary N) is 1. The predicted octanol–water partition coefficient (Wildman–Crippen LogP) is 4.71. The van der Waals surface area contributed by atoms with Crippen LogP contribution >= 0.6 is 0 Å². The molecule has 0 fully saturated rings. The van der Waals surface area contributed by atoms with E-state index in [9.17, 15) is 4.21 Å². The molecule has 1 aliphatic rings. The third kappa shape index (κ3) is 3.43. The molecule has 0 radical (unpaired) electrons. The molecule has 0 aromatic heterocycles. The van der Waals surface area contributed by atoms with E-state index >= 15 is 0 Å². The lowest BCUT2D eigenvalue weighted by Gasteiger charge is -2.34. The molecule has 0 bridgehead atoms. The standard InChI is InChI=1S/C23H24N2OS/c1-17-12-13-22-23(18(17)2)25(20-10-6-7-11-21(20)27(22)26)15-14-24-16-19-8-4-3-5-9-19/h3-13,24H,14-16H2,1-2H3. The first kappa shape index (κ1) is 18.0. The molecule has 0 spiro atoms. The molecule has 1 unspecified atom stereocenters. The number of rotatable bonds is 5. The second kappa shape index (κ2) is 7.67. The van der Waals surface area contributed by atoms with E-state index in [0.717, 1.165) is 40.8 Å². The number of fused-ring (bicyclic) bond motifs is 2. The number of hydrogen-bond donors (Lipinski definition) is 1. The monoisotopic (exact) mass is 376 g/mol. The summed E-state index contributed by atoms with van der Waals surface area (Å²) in [6.45, 7) is 6.78. The van der Waals surface area contributed by atoms with E-state index in [1.165, 1.54) is 16.7 Å². The number of aryl methyl sites for hydroxylation is 1. The van der Waals surface area contributed by atoms with Gasteiger partial charge in [-0.25, -0.2) is 4.21 Å². The third-order valence-electron chi connectivity index (χ3n) is 5.17. The van der Waals surface area contributed by atoms with Crippen molar-refractivity contribution in [3.05, 3.63) is 83.4 Å². The van der Waals surface area contributed by atoms with Gasteiger partial charge in [0.2, 0.25) is 0 Å². The Hall–Kier alpha value is -2.43. The Kier molecular flexibility index (Phi) is 5.10. The quantitative estimate of drug-likeness (QED) is 0.655. The van der Waals surface area contributed by atoms with Gasteiger partial charge in [0.15, 0.2) is 0 Å². The molecule has 4 rings (SSSR count). The molecule has 0 saturated heterocycles. The van der Waals surface area contributed by atoms with E-state index in [-0.39, 0.29) is 0 Å². The summed E-state index contributed by atoms with van der Waals surface area (Å²) in [6.07, 6.45) is 0. The zero-order valence-corrected chi connectivity index (χ0v) is 16.6. The Balaban J connectivity index is 1.61. The molecular formula is C23H24N2OS. The van der Waals surface area contributed by atoms with Crippen molar-refractivity contribution in [3.63, 3.8) is 0 Å². The summed E-state index contributed by atoms with van der Waals surface area (Å²) in [4.78, 5) is 4.14. The first-order valence-corrected chi connectivity index (χ1v) is 10.4. The van der Waals surface area contributed by atoms with E-state index < -0.39 is 10.8 Å². The van der Waals surface area contributed by atoms with Gasteiger partial charge in [0.05, 0.1) is 32.0 Å². The van der Waals surface area contributed by atoms with Gasteiger partial charge < -0.3 is 10.2 Å². The molecule has 0 amide bonds. The maximum atomic E-state index is 13.1. The van der Waals surface area contributed by atoms with Crippen LogP contribution in [0.25, 0.3) is 0 Å². The summed E-state index contributed by atoms with van der Waals surface area (Å²) in [6, 6.07) is 22.6. The van der Waals surface area contributed by atoms with Crippen molar-refractivity contribution in [2.75, 3.05) is 18.0 Å². The van der Waals surface area contributed by atoms with E-state index in [4.69, 9.17) is 0 Å². The lowest BCUT2D eigenvalue weighted by Crippen LogP contribution is -2.32. The van der Waals surface area contributed by atoms with E-state index in [1.54, 1.807) is 0 Å². The van der Waals surface area contributed by atoms with Crippen LogP contribution in [-0.2, 0) is 17.3 Å². The molecule has 3 aromatic rings. The zero-order valence-electron chi connectivity index (χ0n) is 15.7. The third-order valence-corrected chi connectivity index (χ3v) is 6.65. The van der Waals surface area contributed by atoms with Crippen LogP contribution in [0.5, 0.6) is 0 Å². The van der Waals surface area contributed by atoms with Gasteiger partial charge in [-0.15, -0.1) is 0 Å². The number of anilines is 2. The highest BCUT2D eigenvalue weighted by atomic mass is 32.2. The van der Waals surface area contributed by atoms with E-state index in [0.29, 0.717) is 0 Å². The van der Waals surface area contributed by atoms with Crippen LogP contribution in [0.2, 0.25) is 0 Å². The van der Waals surface area contributed by atoms with Crippen molar-refractivity contribution in [2.45, 2.75) is 30.2 Å². The molecule has 1 heterocycles. The van der Waals surface area contributed by atoms with Crippen molar-refractivity contribution in [3.8, 4) is 0 Å². The number of nitrogens with zero attached hydrogens (tertiary/aromatic N) is 1. The Bertz CT molecular complexity index is 985. The van der Waals surface area contributed by atoms with Crippen molar-refractivity contribution >= 4 is 22.2 Å². The fraction of sp³-hybridized carbons (Fsp3) is 0.217. The maximum Gasteiger partial charge on any atom is 0.0892 e. The minimum absolute atomic E-state index is 0.832. The summed E-state index contributed by atoms with van der Waals surface area (Å²) in [5, 5.41) is 3.54. The fourth-order valence-electron chi connectivity index (χ4n) is 3.59. The molecule has 1 atom stereocenters. The van der Waals surface area contributed by atoms with E-state index in [2.05, 4.69) is 60.5 Å². The first-order chi connectivity index (χ1) is 13.2. The molecule has 0 aliphatic carbocycles. The molecule has 1 aliphatic heterocycles. The lowest BCUT2D eigenvalue weighted by molar-refractivity contribution is 0.671. The van der Waals surface area contributed by atoms with Gasteiger partial charge in [-0.1, -0.05) is 48.5 Å². The van der Waals surface area contributed by atoms with Crippen LogP contribution in [0.4, 0.5) is 11.4 Å². The first-order valence-electron chi connectivity index (χ1n) is 9.30. The van der Waals surface area contributed by atoms with Gasteiger partial charge in [0.1, 0.15) is 0 Å². The van der Waals surface area contributed by atoms with Gasteiger partial charge in [0.25, 0.3) is 0 Å². The lowest BCUT2D eigenvalue weighted by atomic mass is 10.1. The zero-order chi connectivity index (χ0) is 18.8. The van der Waals surface area contributed by atoms with Crippen molar-refractivity contribution in [1.82, 2.24) is 5.32 Å². The molecular weight excluding hydrogens is 352 g/mol. The Labute approximate surface area is 163 Å². The molecule has 3 nitrogen and oxygen atoms in total. The second-order valence-electron chi connectivity index (χ2n) is 6.90. The molecule has 3 aromatic carbocycles. The Morgan fingerprint density at radius 1 is 0.889 bits per heavy atom. The Morgan fingerprint density at radius 3 is 2.44 bits per heavy atom. The summed E-state index contributed by atoms with van der Waals surface area (Å²) < 4.78 is 13.1. The second-order valence-corrected chi connectivity index (χ2v) is 8.32. The summed E-state index contributed by atoms with van der Waals surface area (Å²) in [5.41, 5.74) is 5.88. The molecule has 4 heteroatoms. The smallest absolute Gasteiger partial charge is 0.0892 e.